The molecule has 0 aliphatic carbocycles. The molecule has 0 rings (SSSR count). The molecule has 0 spiro atoms. The first-order valence-electron chi connectivity index (χ1n) is 9.74. The summed E-state index contributed by atoms with van der Waals surface area (Å²) < 4.78 is 40.2. The zero-order valence-corrected chi connectivity index (χ0v) is 17.3. The van der Waals surface area contributed by atoms with Crippen LogP contribution >= 0.6 is 0 Å². The van der Waals surface area contributed by atoms with E-state index in [1.807, 2.05) is 0 Å². The molecule has 5 nitrogen and oxygen atoms in total. The van der Waals surface area contributed by atoms with Gasteiger partial charge in [0.05, 0.1) is 6.61 Å². The van der Waals surface area contributed by atoms with Gasteiger partial charge in [-0.15, -0.1) is 0 Å². The number of ether oxygens (including phenoxy) is 1. The Labute approximate surface area is 167 Å². The van der Waals surface area contributed by atoms with Gasteiger partial charge in [-0.1, -0.05) is 77.6 Å². The number of unbranched alkanes of at least 4 members (excludes halogenated alkanes) is 12. The molecule has 0 saturated carbocycles. The minimum Gasteiger partial charge on any atom is -0.726 e. The maximum absolute atomic E-state index is 10.2. The fraction of sp³-hybridized carbons (Fsp3) is 1.00. The summed E-state index contributed by atoms with van der Waals surface area (Å²) in [6.07, 6.45) is 17.2. The number of rotatable bonds is 19. The van der Waals surface area contributed by atoms with Crippen LogP contribution in [0.1, 0.15) is 96.8 Å². The van der Waals surface area contributed by atoms with Crippen molar-refractivity contribution in [3.63, 3.8) is 0 Å². The summed E-state index contributed by atoms with van der Waals surface area (Å²) in [4.78, 5) is 0. The maximum Gasteiger partial charge on any atom is 1.00 e. The van der Waals surface area contributed by atoms with Crippen LogP contribution in [0.25, 0.3) is 0 Å². The van der Waals surface area contributed by atoms with E-state index in [1.54, 1.807) is 0 Å². The minimum absolute atomic E-state index is 0. The third-order valence-electron chi connectivity index (χ3n) is 4.05. The van der Waals surface area contributed by atoms with Gasteiger partial charge in [0.1, 0.15) is 0 Å². The van der Waals surface area contributed by atoms with Gasteiger partial charge in [-0.3, -0.25) is 4.18 Å². The van der Waals surface area contributed by atoms with Crippen molar-refractivity contribution in [2.75, 3.05) is 19.8 Å². The van der Waals surface area contributed by atoms with Crippen LogP contribution in [-0.2, 0) is 19.3 Å². The van der Waals surface area contributed by atoms with Gasteiger partial charge in [0, 0.05) is 13.2 Å². The van der Waals surface area contributed by atoms with E-state index in [1.165, 1.54) is 70.6 Å². The van der Waals surface area contributed by atoms with E-state index in [0.29, 0.717) is 19.4 Å². The summed E-state index contributed by atoms with van der Waals surface area (Å²) in [7, 11) is -4.54. The molecule has 0 bridgehead atoms. The van der Waals surface area contributed by atoms with Gasteiger partial charge in [0.25, 0.3) is 0 Å². The standard InChI is InChI=1S/C18H38O5S.Li/c1-2-3-4-5-6-7-8-9-10-11-12-13-16-22-17-14-15-18-23-24(19,20)21;/h2-18H2,1H3,(H,19,20,21);/q;+1/p-1. The van der Waals surface area contributed by atoms with Crippen molar-refractivity contribution in [3.05, 3.63) is 0 Å². The summed E-state index contributed by atoms with van der Waals surface area (Å²) in [5, 5.41) is 0. The monoisotopic (exact) mass is 372 g/mol. The molecule has 25 heavy (non-hydrogen) atoms. The van der Waals surface area contributed by atoms with Crippen LogP contribution < -0.4 is 18.9 Å². The molecule has 0 aliphatic rings. The first kappa shape index (κ1) is 27.6. The molecule has 0 fully saturated rings. The third-order valence-corrected chi connectivity index (χ3v) is 4.51. The Morgan fingerprint density at radius 1 is 0.640 bits per heavy atom. The summed E-state index contributed by atoms with van der Waals surface area (Å²) in [6, 6.07) is 0. The molecule has 0 N–H and O–H groups in total. The van der Waals surface area contributed by atoms with Crippen LogP contribution in [-0.4, -0.2) is 32.8 Å². The summed E-state index contributed by atoms with van der Waals surface area (Å²) in [6.45, 7) is 3.57. The molecule has 0 aromatic carbocycles. The van der Waals surface area contributed by atoms with Crippen molar-refractivity contribution in [3.8, 4) is 0 Å². The van der Waals surface area contributed by atoms with Gasteiger partial charge in [-0.25, -0.2) is 8.42 Å². The third kappa shape index (κ3) is 26.8. The predicted octanol–water partition coefficient (Wildman–Crippen LogP) is 1.97. The molecular weight excluding hydrogens is 335 g/mol. The van der Waals surface area contributed by atoms with Crippen molar-refractivity contribution in [1.82, 2.24) is 0 Å². The second kappa shape index (κ2) is 20.7. The van der Waals surface area contributed by atoms with E-state index >= 15 is 0 Å². The normalized spacial score (nSPS) is 11.4. The van der Waals surface area contributed by atoms with Gasteiger partial charge in [-0.2, -0.15) is 0 Å². The number of hydrogen-bond donors (Lipinski definition) is 0. The van der Waals surface area contributed by atoms with Crippen molar-refractivity contribution < 1.29 is 40.8 Å². The Bertz CT molecular complexity index is 349. The average Bonchev–Trinajstić information content (AvgIpc) is 2.52. The second-order valence-electron chi connectivity index (χ2n) is 6.44. The van der Waals surface area contributed by atoms with E-state index in [0.717, 1.165) is 13.0 Å². The van der Waals surface area contributed by atoms with Gasteiger partial charge in [0.2, 0.25) is 10.4 Å². The van der Waals surface area contributed by atoms with Crippen molar-refractivity contribution in [2.24, 2.45) is 0 Å². The molecule has 0 heterocycles. The molecule has 0 aliphatic heterocycles. The summed E-state index contributed by atoms with van der Waals surface area (Å²) in [5.41, 5.74) is 0. The largest absolute Gasteiger partial charge is 1.00 e. The maximum atomic E-state index is 10.2. The van der Waals surface area contributed by atoms with Crippen LogP contribution in [0.2, 0.25) is 0 Å². The Morgan fingerprint density at radius 3 is 1.44 bits per heavy atom. The van der Waals surface area contributed by atoms with Crippen LogP contribution in [0.5, 0.6) is 0 Å². The molecule has 146 valence electrons. The first-order chi connectivity index (χ1) is 11.6. The molecule has 0 radical (unpaired) electrons. The van der Waals surface area contributed by atoms with Crippen LogP contribution in [0, 0.1) is 0 Å². The zero-order chi connectivity index (χ0) is 17.9. The van der Waals surface area contributed by atoms with Gasteiger partial charge in [0.15, 0.2) is 0 Å². The van der Waals surface area contributed by atoms with Crippen molar-refractivity contribution in [2.45, 2.75) is 96.8 Å². The van der Waals surface area contributed by atoms with Crippen LogP contribution in [0.4, 0.5) is 0 Å². The van der Waals surface area contributed by atoms with Crippen LogP contribution in [0.15, 0.2) is 0 Å². The SMILES string of the molecule is CCCCCCCCCCCCCCOCCCCOS(=O)(=O)[O-].[Li+]. The molecule has 0 unspecified atom stereocenters. The Balaban J connectivity index is 0. The first-order valence-corrected chi connectivity index (χ1v) is 11.1. The summed E-state index contributed by atoms with van der Waals surface area (Å²) in [5.74, 6) is 0. The Hall–Kier alpha value is 0.427. The Kier molecular flexibility index (Phi) is 22.9. The van der Waals surface area contributed by atoms with E-state index < -0.39 is 10.4 Å². The Morgan fingerprint density at radius 2 is 1.00 bits per heavy atom. The van der Waals surface area contributed by atoms with Crippen molar-refractivity contribution in [1.29, 1.82) is 0 Å². The molecule has 0 aromatic heterocycles. The topological polar surface area (TPSA) is 75.7 Å². The van der Waals surface area contributed by atoms with Gasteiger partial charge >= 0.3 is 18.9 Å². The fourth-order valence-electron chi connectivity index (χ4n) is 2.61. The molecule has 0 aromatic rings. The van der Waals surface area contributed by atoms with E-state index in [4.69, 9.17) is 4.74 Å². The minimum atomic E-state index is -4.54. The van der Waals surface area contributed by atoms with E-state index in [-0.39, 0.29) is 25.5 Å². The van der Waals surface area contributed by atoms with E-state index in [2.05, 4.69) is 11.1 Å². The molecule has 0 saturated heterocycles. The molecular formula is C18H37LiO5S. The van der Waals surface area contributed by atoms with Crippen LogP contribution in [0.3, 0.4) is 0 Å². The quantitative estimate of drug-likeness (QED) is 0.150. The zero-order valence-electron chi connectivity index (χ0n) is 16.5. The van der Waals surface area contributed by atoms with E-state index in [9.17, 15) is 13.0 Å². The van der Waals surface area contributed by atoms with Gasteiger partial charge in [-0.05, 0) is 19.3 Å². The fourth-order valence-corrected chi connectivity index (χ4v) is 2.94. The molecule has 0 atom stereocenters. The number of hydrogen-bond acceptors (Lipinski definition) is 5. The smallest absolute Gasteiger partial charge is 0.726 e. The summed E-state index contributed by atoms with van der Waals surface area (Å²) >= 11 is 0. The predicted molar refractivity (Wildman–Crippen MR) is 96.8 cm³/mol. The molecule has 7 heteroatoms. The average molecular weight is 372 g/mol. The molecule has 0 amide bonds. The van der Waals surface area contributed by atoms with Crippen molar-refractivity contribution >= 4 is 10.4 Å². The second-order valence-corrected chi connectivity index (χ2v) is 7.49. The van der Waals surface area contributed by atoms with Gasteiger partial charge < -0.3 is 9.29 Å².